The topological polar surface area (TPSA) is 137 Å². The Hall–Kier alpha value is -4.42. The minimum absolute atomic E-state index is 0.0208. The number of methoxy groups -OCH3 is 1. The Labute approximate surface area is 181 Å². The molecule has 0 bridgehead atoms. The molecule has 3 N–H and O–H groups in total. The predicted octanol–water partition coefficient (Wildman–Crippen LogP) is 3.21. The molecule has 0 fully saturated rings. The van der Waals surface area contributed by atoms with E-state index in [4.69, 9.17) is 14.9 Å². The first-order valence-electron chi connectivity index (χ1n) is 9.45. The number of nitrogens with two attached hydrogens (primary N) is 1. The third-order valence-corrected chi connectivity index (χ3v) is 4.95. The number of nitrogens with one attached hydrogen (secondary N) is 1. The molecule has 4 aromatic heterocycles. The van der Waals surface area contributed by atoms with Crippen LogP contribution in [-0.2, 0) is 6.18 Å². The van der Waals surface area contributed by atoms with Gasteiger partial charge in [0.05, 0.1) is 12.7 Å². The SMILES string of the molecule is COc1nc(N)nc2oc(-c3c(C)[nH]c4c(-c5ccccc5)c(C(F)(F)F)nn4c3=O)nc12. The number of ether oxygens (including phenoxy) is 1. The van der Waals surface area contributed by atoms with Crippen LogP contribution in [0.15, 0.2) is 39.5 Å². The lowest BCUT2D eigenvalue weighted by Gasteiger charge is -2.07. The second kappa shape index (κ2) is 7.05. The van der Waals surface area contributed by atoms with Crippen LogP contribution in [-0.4, -0.2) is 36.7 Å². The first-order chi connectivity index (χ1) is 15.7. The average molecular weight is 457 g/mol. The molecule has 5 aromatic rings. The highest BCUT2D eigenvalue weighted by atomic mass is 19.4. The van der Waals surface area contributed by atoms with E-state index in [1.807, 2.05) is 0 Å². The van der Waals surface area contributed by atoms with Crippen LogP contribution in [0, 0.1) is 6.92 Å². The second-order valence-corrected chi connectivity index (χ2v) is 7.04. The van der Waals surface area contributed by atoms with E-state index < -0.39 is 17.4 Å². The number of rotatable bonds is 3. The molecule has 4 heterocycles. The van der Waals surface area contributed by atoms with Crippen molar-refractivity contribution >= 4 is 22.8 Å². The third kappa shape index (κ3) is 3.16. The smallest absolute Gasteiger partial charge is 0.435 e. The van der Waals surface area contributed by atoms with E-state index in [2.05, 4.69) is 25.0 Å². The van der Waals surface area contributed by atoms with Crippen molar-refractivity contribution in [2.75, 3.05) is 12.8 Å². The van der Waals surface area contributed by atoms with Crippen LogP contribution in [0.25, 0.3) is 39.5 Å². The molecule has 0 amide bonds. The summed E-state index contributed by atoms with van der Waals surface area (Å²) in [5.74, 6) is -0.320. The van der Waals surface area contributed by atoms with Gasteiger partial charge in [0, 0.05) is 5.69 Å². The van der Waals surface area contributed by atoms with Crippen LogP contribution < -0.4 is 16.0 Å². The van der Waals surface area contributed by atoms with Crippen LogP contribution in [0.2, 0.25) is 0 Å². The van der Waals surface area contributed by atoms with Gasteiger partial charge in [0.25, 0.3) is 11.3 Å². The molecule has 0 radical (unpaired) electrons. The summed E-state index contributed by atoms with van der Waals surface area (Å²) in [5.41, 5.74) is 3.59. The fourth-order valence-corrected chi connectivity index (χ4v) is 3.58. The Kier molecular flexibility index (Phi) is 4.37. The van der Waals surface area contributed by atoms with Crippen LogP contribution in [0.4, 0.5) is 19.1 Å². The van der Waals surface area contributed by atoms with E-state index in [0.717, 1.165) is 0 Å². The van der Waals surface area contributed by atoms with Crippen molar-refractivity contribution in [3.63, 3.8) is 0 Å². The highest BCUT2D eigenvalue weighted by Crippen LogP contribution is 2.38. The number of aryl methyl sites for hydroxylation is 1. The zero-order valence-electron chi connectivity index (χ0n) is 17.1. The number of nitrogen functional groups attached to an aromatic ring is 1. The Bertz CT molecular complexity index is 1590. The lowest BCUT2D eigenvalue weighted by Crippen LogP contribution is -2.20. The van der Waals surface area contributed by atoms with E-state index in [1.54, 1.807) is 18.2 Å². The van der Waals surface area contributed by atoms with Crippen molar-refractivity contribution in [2.45, 2.75) is 13.1 Å². The average Bonchev–Trinajstić information content (AvgIpc) is 3.35. The summed E-state index contributed by atoms with van der Waals surface area (Å²) in [6.07, 6.45) is -4.80. The number of alkyl halides is 3. The van der Waals surface area contributed by atoms with E-state index in [-0.39, 0.29) is 57.0 Å². The minimum Gasteiger partial charge on any atom is -0.479 e. The van der Waals surface area contributed by atoms with Crippen molar-refractivity contribution < 1.29 is 22.3 Å². The molecule has 33 heavy (non-hydrogen) atoms. The number of aromatic amines is 1. The molecule has 0 unspecified atom stereocenters. The van der Waals surface area contributed by atoms with Crippen molar-refractivity contribution in [1.82, 2.24) is 29.5 Å². The third-order valence-electron chi connectivity index (χ3n) is 4.95. The summed E-state index contributed by atoms with van der Waals surface area (Å²) in [6.45, 7) is 1.51. The number of nitrogens with zero attached hydrogens (tertiary/aromatic N) is 5. The molecule has 0 aliphatic carbocycles. The zero-order valence-corrected chi connectivity index (χ0v) is 17.1. The van der Waals surface area contributed by atoms with Crippen molar-refractivity contribution in [2.24, 2.45) is 0 Å². The van der Waals surface area contributed by atoms with Gasteiger partial charge in [-0.3, -0.25) is 4.79 Å². The molecule has 0 saturated carbocycles. The molecule has 13 heteroatoms. The van der Waals surface area contributed by atoms with E-state index >= 15 is 0 Å². The molecule has 0 aliphatic heterocycles. The largest absolute Gasteiger partial charge is 0.479 e. The summed E-state index contributed by atoms with van der Waals surface area (Å²) in [7, 11) is 1.34. The highest BCUT2D eigenvalue weighted by Gasteiger charge is 2.39. The quantitative estimate of drug-likeness (QED) is 0.421. The minimum atomic E-state index is -4.80. The number of H-pyrrole nitrogens is 1. The van der Waals surface area contributed by atoms with Crippen LogP contribution in [0.3, 0.4) is 0 Å². The van der Waals surface area contributed by atoms with Crippen molar-refractivity contribution in [3.05, 3.63) is 52.1 Å². The highest BCUT2D eigenvalue weighted by molar-refractivity contribution is 5.82. The van der Waals surface area contributed by atoms with Crippen LogP contribution in [0.5, 0.6) is 5.88 Å². The number of halogens is 3. The van der Waals surface area contributed by atoms with Crippen molar-refractivity contribution in [1.29, 1.82) is 0 Å². The normalized spacial score (nSPS) is 12.0. The fraction of sp³-hybridized carbons (Fsp3) is 0.150. The molecular formula is C20H14F3N7O3. The van der Waals surface area contributed by atoms with Crippen LogP contribution >= 0.6 is 0 Å². The number of hydrogen-bond donors (Lipinski definition) is 2. The maximum Gasteiger partial charge on any atom is 0.435 e. The molecule has 0 atom stereocenters. The summed E-state index contributed by atoms with van der Waals surface area (Å²) >= 11 is 0. The monoisotopic (exact) mass is 457 g/mol. The number of anilines is 1. The van der Waals surface area contributed by atoms with E-state index in [9.17, 15) is 18.0 Å². The molecule has 0 spiro atoms. The maximum absolute atomic E-state index is 13.8. The van der Waals surface area contributed by atoms with Gasteiger partial charge >= 0.3 is 6.18 Å². The first kappa shape index (κ1) is 20.5. The summed E-state index contributed by atoms with van der Waals surface area (Å²) in [4.78, 5) is 28.2. The van der Waals surface area contributed by atoms with Gasteiger partial charge in [-0.05, 0) is 12.5 Å². The first-order valence-corrected chi connectivity index (χ1v) is 9.45. The predicted molar refractivity (Wildman–Crippen MR) is 111 cm³/mol. The Morgan fingerprint density at radius 2 is 1.85 bits per heavy atom. The van der Waals surface area contributed by atoms with Crippen LogP contribution in [0.1, 0.15) is 11.4 Å². The molecule has 10 nitrogen and oxygen atoms in total. The van der Waals surface area contributed by atoms with Gasteiger partial charge < -0.3 is 19.9 Å². The lowest BCUT2D eigenvalue weighted by atomic mass is 10.1. The molecule has 0 saturated heterocycles. The number of benzene rings is 1. The van der Waals surface area contributed by atoms with Gasteiger partial charge in [-0.2, -0.15) is 32.8 Å². The summed E-state index contributed by atoms with van der Waals surface area (Å²) < 4.78 is 52.8. The molecule has 5 rings (SSSR count). The second-order valence-electron chi connectivity index (χ2n) is 7.04. The van der Waals surface area contributed by atoms with Gasteiger partial charge in [0.15, 0.2) is 11.2 Å². The standard InChI is InChI=1S/C20H14F3N7O3/c1-8-10(15-26-12-16(32-2)27-19(24)28-17(12)33-15)18(31)30-14(25-8)11(9-6-4-3-5-7-9)13(29-30)20(21,22)23/h3-7,25H,1-2H3,(H2,24,27,28). The lowest BCUT2D eigenvalue weighted by molar-refractivity contribution is -0.140. The Morgan fingerprint density at radius 3 is 2.52 bits per heavy atom. The number of hydrogen-bond acceptors (Lipinski definition) is 8. The van der Waals surface area contributed by atoms with Gasteiger partial charge in [-0.15, -0.1) is 0 Å². The Balaban J connectivity index is 1.82. The summed E-state index contributed by atoms with van der Waals surface area (Å²) in [5, 5.41) is 3.59. The molecular weight excluding hydrogens is 443 g/mol. The van der Waals surface area contributed by atoms with Gasteiger partial charge in [0.1, 0.15) is 11.2 Å². The number of fused-ring (bicyclic) bond motifs is 2. The van der Waals surface area contributed by atoms with Gasteiger partial charge in [-0.1, -0.05) is 30.3 Å². The summed E-state index contributed by atoms with van der Waals surface area (Å²) in [6, 6.07) is 7.87. The number of aromatic nitrogens is 6. The molecule has 0 aliphatic rings. The number of oxazole rings is 1. The van der Waals surface area contributed by atoms with Gasteiger partial charge in [0.2, 0.25) is 17.7 Å². The Morgan fingerprint density at radius 1 is 1.12 bits per heavy atom. The maximum atomic E-state index is 13.8. The van der Waals surface area contributed by atoms with Crippen molar-refractivity contribution in [3.8, 4) is 28.5 Å². The zero-order chi connectivity index (χ0) is 23.5. The molecule has 168 valence electrons. The fourth-order valence-electron chi connectivity index (χ4n) is 3.58. The van der Waals surface area contributed by atoms with Gasteiger partial charge in [-0.25, -0.2) is 4.98 Å². The molecule has 1 aromatic carbocycles. The van der Waals surface area contributed by atoms with E-state index in [1.165, 1.54) is 26.2 Å². The van der Waals surface area contributed by atoms with E-state index in [0.29, 0.717) is 4.52 Å².